The molecule has 160 valence electrons. The maximum atomic E-state index is 12.3. The number of alkyl halides is 3. The lowest BCUT2D eigenvalue weighted by Crippen LogP contribution is -2.22. The van der Waals surface area contributed by atoms with E-state index in [1.165, 1.54) is 29.5 Å². The molecule has 3 aromatic rings. The number of amides is 1. The Labute approximate surface area is 180 Å². The predicted molar refractivity (Wildman–Crippen MR) is 112 cm³/mol. The second kappa shape index (κ2) is 9.49. The van der Waals surface area contributed by atoms with E-state index in [0.717, 1.165) is 16.3 Å². The van der Waals surface area contributed by atoms with E-state index < -0.39 is 12.8 Å². The number of halogens is 3. The highest BCUT2D eigenvalue weighted by atomic mass is 32.1. The van der Waals surface area contributed by atoms with Crippen LogP contribution in [0.15, 0.2) is 47.8 Å². The summed E-state index contributed by atoms with van der Waals surface area (Å²) in [5.74, 6) is -0.508. The lowest BCUT2D eigenvalue weighted by molar-refractivity contribution is -0.153. The summed E-state index contributed by atoms with van der Waals surface area (Å²) in [5.41, 5.74) is 2.64. The lowest BCUT2D eigenvalue weighted by atomic mass is 10.1. The number of aryl methyl sites for hydroxylation is 1. The van der Waals surface area contributed by atoms with Gasteiger partial charge >= 0.3 is 6.18 Å². The first-order valence-corrected chi connectivity index (χ1v) is 9.91. The largest absolute Gasteiger partial charge is 0.483 e. The van der Waals surface area contributed by atoms with Crippen molar-refractivity contribution in [2.24, 2.45) is 0 Å². The molecule has 10 heteroatoms. The summed E-state index contributed by atoms with van der Waals surface area (Å²) in [7, 11) is 0. The minimum absolute atomic E-state index is 0.0686. The highest BCUT2D eigenvalue weighted by Gasteiger charge is 2.28. The Morgan fingerprint density at radius 1 is 1.23 bits per heavy atom. The van der Waals surface area contributed by atoms with E-state index in [9.17, 15) is 18.0 Å². The van der Waals surface area contributed by atoms with Gasteiger partial charge in [0.05, 0.1) is 22.8 Å². The highest BCUT2D eigenvalue weighted by molar-refractivity contribution is 7.09. The predicted octanol–water partition coefficient (Wildman–Crippen LogP) is 4.98. The maximum Gasteiger partial charge on any atom is 0.422 e. The second-order valence-electron chi connectivity index (χ2n) is 6.46. The number of hydrogen-bond acceptors (Lipinski definition) is 6. The van der Waals surface area contributed by atoms with Crippen LogP contribution in [-0.2, 0) is 4.79 Å². The third-order valence-electron chi connectivity index (χ3n) is 4.01. The van der Waals surface area contributed by atoms with Crippen LogP contribution in [0.2, 0.25) is 0 Å². The molecule has 0 bridgehead atoms. The number of benzene rings is 2. The van der Waals surface area contributed by atoms with Crippen molar-refractivity contribution in [1.29, 1.82) is 5.26 Å². The molecule has 0 atom stereocenters. The molecule has 0 fully saturated rings. The zero-order valence-corrected chi connectivity index (χ0v) is 17.1. The van der Waals surface area contributed by atoms with Gasteiger partial charge in [-0.1, -0.05) is 12.1 Å². The van der Waals surface area contributed by atoms with Crippen molar-refractivity contribution >= 4 is 28.6 Å². The molecule has 0 unspecified atom stereocenters. The molecule has 0 saturated carbocycles. The molecule has 2 aromatic carbocycles. The van der Waals surface area contributed by atoms with E-state index in [0.29, 0.717) is 11.4 Å². The van der Waals surface area contributed by atoms with E-state index in [1.54, 1.807) is 12.1 Å². The number of hydrogen-bond donors (Lipinski definition) is 2. The van der Waals surface area contributed by atoms with Crippen LogP contribution in [-0.4, -0.2) is 30.2 Å². The van der Waals surface area contributed by atoms with Gasteiger partial charge in [-0.2, -0.15) is 18.4 Å². The van der Waals surface area contributed by atoms with Gasteiger partial charge in [0.25, 0.3) is 0 Å². The van der Waals surface area contributed by atoms with Crippen LogP contribution in [0, 0.1) is 18.3 Å². The van der Waals surface area contributed by atoms with Crippen LogP contribution in [0.5, 0.6) is 5.75 Å². The van der Waals surface area contributed by atoms with Gasteiger partial charge in [0.2, 0.25) is 5.91 Å². The third-order valence-corrected chi connectivity index (χ3v) is 4.78. The van der Waals surface area contributed by atoms with Gasteiger partial charge in [-0.3, -0.25) is 4.79 Å². The van der Waals surface area contributed by atoms with Crippen molar-refractivity contribution < 1.29 is 22.7 Å². The molecule has 0 aliphatic carbocycles. The summed E-state index contributed by atoms with van der Waals surface area (Å²) in [6.07, 6.45) is -4.50. The molecule has 1 aromatic heterocycles. The van der Waals surface area contributed by atoms with Crippen molar-refractivity contribution in [2.75, 3.05) is 23.8 Å². The molecular weight excluding hydrogens is 429 g/mol. The summed E-state index contributed by atoms with van der Waals surface area (Å²) in [4.78, 5) is 16.7. The fourth-order valence-electron chi connectivity index (χ4n) is 2.65. The molecule has 0 spiro atoms. The van der Waals surface area contributed by atoms with Crippen LogP contribution in [0.3, 0.4) is 0 Å². The van der Waals surface area contributed by atoms with Gasteiger partial charge in [0.15, 0.2) is 6.61 Å². The number of carbonyl (C=O) groups excluding carboxylic acids is 1. The second-order valence-corrected chi connectivity index (χ2v) is 7.52. The molecule has 6 nitrogen and oxygen atoms in total. The molecule has 1 amide bonds. The van der Waals surface area contributed by atoms with Gasteiger partial charge in [0, 0.05) is 22.3 Å². The van der Waals surface area contributed by atoms with E-state index in [4.69, 9.17) is 5.26 Å². The van der Waals surface area contributed by atoms with Crippen LogP contribution < -0.4 is 15.4 Å². The normalized spacial score (nSPS) is 10.9. The minimum Gasteiger partial charge on any atom is -0.483 e. The number of anilines is 2. The van der Waals surface area contributed by atoms with Crippen molar-refractivity contribution in [2.45, 2.75) is 13.1 Å². The monoisotopic (exact) mass is 446 g/mol. The van der Waals surface area contributed by atoms with E-state index in [2.05, 4.69) is 20.4 Å². The van der Waals surface area contributed by atoms with E-state index in [-0.39, 0.29) is 23.8 Å². The first-order valence-electron chi connectivity index (χ1n) is 9.03. The Morgan fingerprint density at radius 3 is 2.71 bits per heavy atom. The molecule has 3 rings (SSSR count). The Bertz CT molecular complexity index is 1120. The topological polar surface area (TPSA) is 87.0 Å². The summed E-state index contributed by atoms with van der Waals surface area (Å²) in [6, 6.07) is 13.1. The van der Waals surface area contributed by atoms with Gasteiger partial charge in [0.1, 0.15) is 11.8 Å². The molecule has 2 N–H and O–H groups in total. The Hall–Kier alpha value is -3.58. The summed E-state index contributed by atoms with van der Waals surface area (Å²) in [6.45, 7) is 0.322. The number of ether oxygens (including phenoxy) is 1. The van der Waals surface area contributed by atoms with Crippen LogP contribution in [0.1, 0.15) is 10.6 Å². The average molecular weight is 446 g/mol. The van der Waals surface area contributed by atoms with Gasteiger partial charge < -0.3 is 15.4 Å². The number of aromatic nitrogens is 1. The summed E-state index contributed by atoms with van der Waals surface area (Å²) < 4.78 is 41.5. The van der Waals surface area contributed by atoms with Crippen molar-refractivity contribution in [3.8, 4) is 23.1 Å². The first kappa shape index (κ1) is 22.1. The number of carbonyl (C=O) groups is 1. The molecular formula is C21H17F3N4O2S. The lowest BCUT2D eigenvalue weighted by Gasteiger charge is -2.12. The van der Waals surface area contributed by atoms with Gasteiger partial charge in [-0.05, 0) is 37.3 Å². The standard InChI is InChI=1S/C21H17F3N4O2S/c1-13-27-18(11-31-13)14-3-2-4-17(7-14)28-20(29)10-26-16-5-6-19(15(8-16)9-25)30-12-21(22,23)24/h2-8,11,26H,10,12H2,1H3,(H,28,29). The zero-order valence-electron chi connectivity index (χ0n) is 16.3. The fourth-order valence-corrected chi connectivity index (χ4v) is 3.27. The van der Waals surface area contributed by atoms with Crippen LogP contribution >= 0.6 is 11.3 Å². The fraction of sp³-hybridized carbons (Fsp3) is 0.190. The average Bonchev–Trinajstić information content (AvgIpc) is 3.17. The maximum absolute atomic E-state index is 12.3. The van der Waals surface area contributed by atoms with Gasteiger partial charge in [-0.15, -0.1) is 11.3 Å². The first-order chi connectivity index (χ1) is 14.7. The molecule has 0 aliphatic rings. The number of rotatable bonds is 7. The van der Waals surface area contributed by atoms with Crippen molar-refractivity contribution in [3.05, 3.63) is 58.4 Å². The molecule has 0 saturated heterocycles. The quantitative estimate of drug-likeness (QED) is 0.534. The van der Waals surface area contributed by atoms with Crippen LogP contribution in [0.4, 0.5) is 24.5 Å². The Morgan fingerprint density at radius 2 is 2.03 bits per heavy atom. The number of nitriles is 1. The smallest absolute Gasteiger partial charge is 0.422 e. The third kappa shape index (κ3) is 6.45. The summed E-state index contributed by atoms with van der Waals surface area (Å²) >= 11 is 1.54. The molecule has 31 heavy (non-hydrogen) atoms. The molecule has 0 aliphatic heterocycles. The molecule has 0 radical (unpaired) electrons. The van der Waals surface area contributed by atoms with E-state index >= 15 is 0 Å². The number of nitrogens with zero attached hydrogens (tertiary/aromatic N) is 2. The molecule has 1 heterocycles. The Kier molecular flexibility index (Phi) is 6.77. The Balaban J connectivity index is 1.59. The number of nitrogens with one attached hydrogen (secondary N) is 2. The zero-order chi connectivity index (χ0) is 22.4. The summed E-state index contributed by atoms with van der Waals surface area (Å²) in [5, 5.41) is 17.6. The van der Waals surface area contributed by atoms with E-state index in [1.807, 2.05) is 30.5 Å². The van der Waals surface area contributed by atoms with Crippen LogP contribution in [0.25, 0.3) is 11.3 Å². The minimum atomic E-state index is -4.50. The SMILES string of the molecule is Cc1nc(-c2cccc(NC(=O)CNc3ccc(OCC(F)(F)F)c(C#N)c3)c2)cs1. The number of thiazole rings is 1. The van der Waals surface area contributed by atoms with Crippen molar-refractivity contribution in [3.63, 3.8) is 0 Å². The van der Waals surface area contributed by atoms with Crippen molar-refractivity contribution in [1.82, 2.24) is 4.98 Å². The highest BCUT2D eigenvalue weighted by Crippen LogP contribution is 2.26. The van der Waals surface area contributed by atoms with Gasteiger partial charge in [-0.25, -0.2) is 4.98 Å².